The number of rotatable bonds is 2. The predicted molar refractivity (Wildman–Crippen MR) is 98.6 cm³/mol. The standard InChI is InChI=1S/C17H16BrFN2O2S/c1-17(2,3)13-7-11-14(24-13)20-16(23)21(15(11)22)8-9-4-5-10(18)6-12(9)19/h4-7H,8H2,1-3H3,(H,20,23). The van der Waals surface area contributed by atoms with Crippen LogP contribution in [0.4, 0.5) is 4.39 Å². The fourth-order valence-electron chi connectivity index (χ4n) is 2.38. The van der Waals surface area contributed by atoms with E-state index in [1.54, 1.807) is 12.1 Å². The molecule has 0 bridgehead atoms. The minimum Gasteiger partial charge on any atom is -0.298 e. The van der Waals surface area contributed by atoms with Gasteiger partial charge in [0.1, 0.15) is 10.6 Å². The van der Waals surface area contributed by atoms with Crippen LogP contribution >= 0.6 is 27.3 Å². The van der Waals surface area contributed by atoms with Gasteiger partial charge in [-0.2, -0.15) is 0 Å². The van der Waals surface area contributed by atoms with E-state index in [9.17, 15) is 14.0 Å². The minimum absolute atomic E-state index is 0.107. The molecule has 1 aromatic carbocycles. The highest BCUT2D eigenvalue weighted by atomic mass is 79.9. The Labute approximate surface area is 150 Å². The summed E-state index contributed by atoms with van der Waals surface area (Å²) in [4.78, 5) is 29.3. The summed E-state index contributed by atoms with van der Waals surface area (Å²) in [6.07, 6.45) is 0. The monoisotopic (exact) mass is 410 g/mol. The van der Waals surface area contributed by atoms with Gasteiger partial charge in [0, 0.05) is 14.9 Å². The summed E-state index contributed by atoms with van der Waals surface area (Å²) in [5, 5.41) is 0.460. The maximum atomic E-state index is 14.0. The summed E-state index contributed by atoms with van der Waals surface area (Å²) in [5.74, 6) is -0.462. The van der Waals surface area contributed by atoms with Gasteiger partial charge in [0.05, 0.1) is 11.9 Å². The molecule has 0 aliphatic rings. The van der Waals surface area contributed by atoms with E-state index in [1.165, 1.54) is 17.4 Å². The molecule has 0 atom stereocenters. The summed E-state index contributed by atoms with van der Waals surface area (Å²) >= 11 is 4.59. The molecule has 0 spiro atoms. The fourth-order valence-corrected chi connectivity index (χ4v) is 3.81. The number of halogens is 2. The summed E-state index contributed by atoms with van der Waals surface area (Å²) in [5.41, 5.74) is -0.758. The molecule has 2 heterocycles. The van der Waals surface area contributed by atoms with Gasteiger partial charge in [0.25, 0.3) is 5.56 Å². The summed E-state index contributed by atoms with van der Waals surface area (Å²) in [7, 11) is 0. The quantitative estimate of drug-likeness (QED) is 0.693. The van der Waals surface area contributed by atoms with Gasteiger partial charge in [-0.25, -0.2) is 9.18 Å². The first-order chi connectivity index (χ1) is 11.2. The number of benzene rings is 1. The van der Waals surface area contributed by atoms with Crippen molar-refractivity contribution in [3.8, 4) is 0 Å². The van der Waals surface area contributed by atoms with Gasteiger partial charge in [0.15, 0.2) is 0 Å². The van der Waals surface area contributed by atoms with Crippen molar-refractivity contribution in [1.29, 1.82) is 0 Å². The lowest BCUT2D eigenvalue weighted by Gasteiger charge is -2.14. The number of nitrogens with one attached hydrogen (secondary N) is 1. The number of hydrogen-bond donors (Lipinski definition) is 1. The Kier molecular flexibility index (Phi) is 4.25. The van der Waals surface area contributed by atoms with Crippen molar-refractivity contribution < 1.29 is 4.39 Å². The molecule has 0 saturated carbocycles. The van der Waals surface area contributed by atoms with E-state index in [0.717, 1.165) is 9.44 Å². The Morgan fingerprint density at radius 3 is 2.58 bits per heavy atom. The van der Waals surface area contributed by atoms with E-state index < -0.39 is 17.1 Å². The van der Waals surface area contributed by atoms with E-state index in [0.29, 0.717) is 14.7 Å². The molecule has 0 aliphatic heterocycles. The first-order valence-corrected chi connectivity index (χ1v) is 8.99. The normalized spacial score (nSPS) is 12.0. The molecule has 2 aromatic heterocycles. The predicted octanol–water partition coefficient (Wildman–Crippen LogP) is 4.00. The maximum Gasteiger partial charge on any atom is 0.329 e. The molecule has 3 rings (SSSR count). The molecule has 0 fully saturated rings. The maximum absolute atomic E-state index is 14.0. The van der Waals surface area contributed by atoms with Crippen LogP contribution in [0.3, 0.4) is 0 Å². The lowest BCUT2D eigenvalue weighted by molar-refractivity contribution is 0.590. The Morgan fingerprint density at radius 2 is 1.96 bits per heavy atom. The first kappa shape index (κ1) is 17.1. The number of aromatic nitrogens is 2. The fraction of sp³-hybridized carbons (Fsp3) is 0.294. The molecule has 0 unspecified atom stereocenters. The van der Waals surface area contributed by atoms with Crippen LogP contribution in [0.1, 0.15) is 31.2 Å². The van der Waals surface area contributed by atoms with E-state index in [2.05, 4.69) is 20.9 Å². The molecular formula is C17H16BrFN2O2S. The molecule has 0 radical (unpaired) electrons. The molecule has 3 aromatic rings. The van der Waals surface area contributed by atoms with Crippen LogP contribution < -0.4 is 11.2 Å². The van der Waals surface area contributed by atoms with Crippen LogP contribution in [-0.4, -0.2) is 9.55 Å². The Bertz CT molecular complexity index is 1040. The smallest absolute Gasteiger partial charge is 0.298 e. The first-order valence-electron chi connectivity index (χ1n) is 7.38. The average Bonchev–Trinajstić information content (AvgIpc) is 2.89. The molecule has 1 N–H and O–H groups in total. The number of H-pyrrole nitrogens is 1. The SMILES string of the molecule is CC(C)(C)c1cc2c(=O)n(Cc3ccc(Br)cc3F)c(=O)[nH]c2s1. The van der Waals surface area contributed by atoms with Crippen LogP contribution in [0.2, 0.25) is 0 Å². The van der Waals surface area contributed by atoms with Gasteiger partial charge in [-0.05, 0) is 23.6 Å². The van der Waals surface area contributed by atoms with Crippen molar-refractivity contribution in [1.82, 2.24) is 9.55 Å². The molecule has 126 valence electrons. The summed E-state index contributed by atoms with van der Waals surface area (Å²) in [6, 6.07) is 6.37. The van der Waals surface area contributed by atoms with Crippen LogP contribution in [0, 0.1) is 5.82 Å². The number of aromatic amines is 1. The van der Waals surface area contributed by atoms with E-state index in [4.69, 9.17) is 0 Å². The topological polar surface area (TPSA) is 54.9 Å². The van der Waals surface area contributed by atoms with Crippen molar-refractivity contribution in [3.05, 3.63) is 65.8 Å². The van der Waals surface area contributed by atoms with E-state index in [1.807, 2.05) is 26.8 Å². The molecule has 4 nitrogen and oxygen atoms in total. The van der Waals surface area contributed by atoms with E-state index in [-0.39, 0.29) is 17.5 Å². The highest BCUT2D eigenvalue weighted by molar-refractivity contribution is 9.10. The third kappa shape index (κ3) is 3.10. The highest BCUT2D eigenvalue weighted by Crippen LogP contribution is 2.31. The summed E-state index contributed by atoms with van der Waals surface area (Å²) < 4.78 is 15.7. The molecular weight excluding hydrogens is 395 g/mol. The molecule has 24 heavy (non-hydrogen) atoms. The van der Waals surface area contributed by atoms with Crippen molar-refractivity contribution in [2.45, 2.75) is 32.7 Å². The molecule has 0 aliphatic carbocycles. The Balaban J connectivity index is 2.15. The lowest BCUT2D eigenvalue weighted by atomic mass is 9.94. The van der Waals surface area contributed by atoms with Gasteiger partial charge in [0.2, 0.25) is 0 Å². The van der Waals surface area contributed by atoms with Crippen LogP contribution in [0.15, 0.2) is 38.3 Å². The third-order valence-corrected chi connectivity index (χ3v) is 5.73. The van der Waals surface area contributed by atoms with Gasteiger partial charge < -0.3 is 0 Å². The van der Waals surface area contributed by atoms with Crippen molar-refractivity contribution in [2.24, 2.45) is 0 Å². The zero-order chi connectivity index (χ0) is 17.6. The molecule has 7 heteroatoms. The van der Waals surface area contributed by atoms with Crippen molar-refractivity contribution in [2.75, 3.05) is 0 Å². The van der Waals surface area contributed by atoms with Gasteiger partial charge in [-0.15, -0.1) is 11.3 Å². The zero-order valence-electron chi connectivity index (χ0n) is 13.4. The second-order valence-electron chi connectivity index (χ2n) is 6.66. The largest absolute Gasteiger partial charge is 0.329 e. The lowest BCUT2D eigenvalue weighted by Crippen LogP contribution is -2.35. The van der Waals surface area contributed by atoms with Crippen molar-refractivity contribution in [3.63, 3.8) is 0 Å². The van der Waals surface area contributed by atoms with Crippen LogP contribution in [0.25, 0.3) is 10.2 Å². The third-order valence-electron chi connectivity index (χ3n) is 3.76. The van der Waals surface area contributed by atoms with Gasteiger partial charge in [-0.1, -0.05) is 42.8 Å². The average molecular weight is 411 g/mol. The number of fused-ring (bicyclic) bond motifs is 1. The summed E-state index contributed by atoms with van der Waals surface area (Å²) in [6.45, 7) is 6.03. The van der Waals surface area contributed by atoms with Gasteiger partial charge >= 0.3 is 5.69 Å². The number of hydrogen-bond acceptors (Lipinski definition) is 3. The molecule has 0 saturated heterocycles. The second-order valence-corrected chi connectivity index (χ2v) is 8.63. The Morgan fingerprint density at radius 1 is 1.25 bits per heavy atom. The number of nitrogens with zero attached hydrogens (tertiary/aromatic N) is 1. The minimum atomic E-state index is -0.530. The zero-order valence-corrected chi connectivity index (χ0v) is 15.8. The van der Waals surface area contributed by atoms with Crippen LogP contribution in [0.5, 0.6) is 0 Å². The Hall–Kier alpha value is -1.73. The molecule has 0 amide bonds. The number of thiophene rings is 1. The highest BCUT2D eigenvalue weighted by Gasteiger charge is 2.20. The van der Waals surface area contributed by atoms with Crippen LogP contribution in [-0.2, 0) is 12.0 Å². The van der Waals surface area contributed by atoms with Gasteiger partial charge in [-0.3, -0.25) is 14.3 Å². The van der Waals surface area contributed by atoms with E-state index >= 15 is 0 Å². The van der Waals surface area contributed by atoms with Crippen molar-refractivity contribution >= 4 is 37.5 Å². The second kappa shape index (κ2) is 5.97.